The van der Waals surface area contributed by atoms with Gasteiger partial charge in [0.1, 0.15) is 11.9 Å². The number of fused-ring (bicyclic) bond motifs is 4. The lowest BCUT2D eigenvalue weighted by atomic mass is 9.71. The van der Waals surface area contributed by atoms with Crippen molar-refractivity contribution >= 4 is 38.0 Å². The van der Waals surface area contributed by atoms with Crippen LogP contribution in [0.15, 0.2) is 35.2 Å². The van der Waals surface area contributed by atoms with E-state index in [4.69, 9.17) is 15.2 Å². The summed E-state index contributed by atoms with van der Waals surface area (Å²) in [5.74, 6) is 4.72. The number of nitrogens with one attached hydrogen (secondary N) is 1. The fourth-order valence-corrected chi connectivity index (χ4v) is 7.75. The zero-order chi connectivity index (χ0) is 26.8. The number of ether oxygens (including phenoxy) is 2. The van der Waals surface area contributed by atoms with E-state index in [1.54, 1.807) is 6.07 Å². The van der Waals surface area contributed by atoms with Gasteiger partial charge in [-0.25, -0.2) is 8.51 Å². The van der Waals surface area contributed by atoms with E-state index in [0.29, 0.717) is 53.8 Å². The number of hydrogen-bond donors (Lipinski definition) is 2. The number of nitrogens with zero attached hydrogens (tertiary/aromatic N) is 2. The summed E-state index contributed by atoms with van der Waals surface area (Å²) in [6.45, 7) is 8.37. The van der Waals surface area contributed by atoms with Crippen molar-refractivity contribution in [3.63, 3.8) is 0 Å². The highest BCUT2D eigenvalue weighted by Crippen LogP contribution is 2.47. The van der Waals surface area contributed by atoms with Crippen LogP contribution in [0.4, 0.5) is 5.69 Å². The molecular formula is C29H36N4O4S. The van der Waals surface area contributed by atoms with Crippen LogP contribution in [0.2, 0.25) is 0 Å². The zero-order valence-electron chi connectivity index (χ0n) is 22.3. The van der Waals surface area contributed by atoms with Crippen molar-refractivity contribution in [1.29, 1.82) is 0 Å². The summed E-state index contributed by atoms with van der Waals surface area (Å²) in [5, 5.41) is 0.844. The van der Waals surface area contributed by atoms with E-state index in [2.05, 4.69) is 36.6 Å². The Morgan fingerprint density at radius 2 is 1.84 bits per heavy atom. The number of ketones is 1. The third-order valence-corrected chi connectivity index (χ3v) is 10.6. The summed E-state index contributed by atoms with van der Waals surface area (Å²) in [6, 6.07) is 9.33. The molecule has 2 saturated heterocycles. The molecule has 1 unspecified atom stereocenters. The Morgan fingerprint density at radius 3 is 2.55 bits per heavy atom. The number of aromatic amines is 1. The number of benzene rings is 2. The molecule has 38 heavy (non-hydrogen) atoms. The number of carbonyl (C=O) groups is 1. The van der Waals surface area contributed by atoms with Crippen molar-refractivity contribution in [2.45, 2.75) is 43.1 Å². The first-order valence-electron chi connectivity index (χ1n) is 13.3. The third kappa shape index (κ3) is 4.04. The molecule has 2 aliphatic heterocycles. The Kier molecular flexibility index (Phi) is 6.10. The first-order chi connectivity index (χ1) is 18.1. The normalized spacial score (nSPS) is 22.1. The number of nitrogens with two attached hydrogens (primary N) is 1. The van der Waals surface area contributed by atoms with Crippen LogP contribution in [0.1, 0.15) is 53.9 Å². The maximum absolute atomic E-state index is 14.5. The Bertz CT molecular complexity index is 1530. The molecule has 1 aromatic heterocycles. The molecule has 0 amide bonds. The predicted octanol–water partition coefficient (Wildman–Crippen LogP) is 3.42. The minimum atomic E-state index is -2.90. The molecule has 3 heterocycles. The summed E-state index contributed by atoms with van der Waals surface area (Å²) in [5.41, 5.74) is 9.92. The van der Waals surface area contributed by atoms with Crippen LogP contribution in [0.5, 0.6) is 5.75 Å². The molecule has 0 radical (unpaired) electrons. The van der Waals surface area contributed by atoms with Crippen molar-refractivity contribution in [3.8, 4) is 5.75 Å². The molecule has 0 saturated carbocycles. The van der Waals surface area contributed by atoms with E-state index in [0.717, 1.165) is 48.1 Å². The van der Waals surface area contributed by atoms with E-state index >= 15 is 0 Å². The van der Waals surface area contributed by atoms with E-state index in [1.807, 2.05) is 28.6 Å². The van der Waals surface area contributed by atoms with Crippen molar-refractivity contribution in [1.82, 2.24) is 14.2 Å². The van der Waals surface area contributed by atoms with E-state index in [-0.39, 0.29) is 11.9 Å². The molecular weight excluding hydrogens is 500 g/mol. The Hall–Kier alpha value is -2.85. The maximum Gasteiger partial charge on any atom is 0.195 e. The average molecular weight is 537 g/mol. The number of hydrogen-bond acceptors (Lipinski definition) is 6. The second kappa shape index (κ2) is 9.12. The molecule has 6 rings (SSSR count). The van der Waals surface area contributed by atoms with Crippen molar-refractivity contribution < 1.29 is 18.5 Å². The number of aromatic nitrogens is 1. The quantitative estimate of drug-likeness (QED) is 0.392. The minimum Gasteiger partial charge on any atom is -0.489 e. The van der Waals surface area contributed by atoms with Gasteiger partial charge in [0.05, 0.1) is 33.4 Å². The standard InChI is InChI=1S/C29H36N4O4S/c1-29(2)22-17-24(37-19-7-13-36-14-8-19)25(38(4,35)33-11-9-32(3)10-12-33)16-21(22)27(34)26-20-6-5-18(30)15-23(20)31-28(26)29/h5-6,15-17,19,31H,4,7-14,30H2,1-3H3. The number of likely N-dealkylation sites (N-methyl/N-ethyl adjacent to an activating group) is 1. The van der Waals surface area contributed by atoms with Crippen LogP contribution < -0.4 is 10.5 Å². The van der Waals surface area contributed by atoms with E-state index < -0.39 is 15.1 Å². The molecule has 202 valence electrons. The number of anilines is 1. The smallest absolute Gasteiger partial charge is 0.195 e. The summed E-state index contributed by atoms with van der Waals surface area (Å²) in [4.78, 5) is 20.3. The molecule has 3 aliphatic rings. The molecule has 0 spiro atoms. The zero-order valence-corrected chi connectivity index (χ0v) is 23.2. The summed E-state index contributed by atoms with van der Waals surface area (Å²) in [7, 11) is -0.836. The minimum absolute atomic E-state index is 0.0442. The van der Waals surface area contributed by atoms with E-state index in [1.165, 1.54) is 0 Å². The highest BCUT2D eigenvalue weighted by atomic mass is 32.2. The first-order valence-corrected chi connectivity index (χ1v) is 15.0. The van der Waals surface area contributed by atoms with Gasteiger partial charge in [-0.05, 0) is 42.7 Å². The fourth-order valence-electron chi connectivity index (χ4n) is 5.99. The van der Waals surface area contributed by atoms with Gasteiger partial charge in [0.2, 0.25) is 0 Å². The predicted molar refractivity (Wildman–Crippen MR) is 152 cm³/mol. The van der Waals surface area contributed by atoms with Crippen LogP contribution in [0.3, 0.4) is 0 Å². The fraction of sp³-hybridized carbons (Fsp3) is 0.448. The van der Waals surface area contributed by atoms with Crippen molar-refractivity contribution in [2.75, 3.05) is 52.2 Å². The monoisotopic (exact) mass is 536 g/mol. The van der Waals surface area contributed by atoms with Crippen molar-refractivity contribution in [3.05, 3.63) is 52.7 Å². The Labute approximate surface area is 224 Å². The molecule has 2 aromatic carbocycles. The van der Waals surface area contributed by atoms with Gasteiger partial charge in [0.15, 0.2) is 5.78 Å². The molecule has 9 heteroatoms. The molecule has 3 aromatic rings. The lowest BCUT2D eigenvalue weighted by Gasteiger charge is -2.37. The summed E-state index contributed by atoms with van der Waals surface area (Å²) < 4.78 is 28.5. The van der Waals surface area contributed by atoms with Crippen LogP contribution in [0.25, 0.3) is 10.9 Å². The van der Waals surface area contributed by atoms with Crippen LogP contribution in [-0.4, -0.2) is 82.6 Å². The summed E-state index contributed by atoms with van der Waals surface area (Å²) in [6.07, 6.45) is 1.48. The lowest BCUT2D eigenvalue weighted by molar-refractivity contribution is 0.0243. The van der Waals surface area contributed by atoms with Gasteiger partial charge < -0.3 is 25.1 Å². The number of H-pyrrole nitrogens is 1. The van der Waals surface area contributed by atoms with Gasteiger partial charge in [-0.2, -0.15) is 0 Å². The van der Waals surface area contributed by atoms with Gasteiger partial charge in [-0.15, -0.1) is 0 Å². The van der Waals surface area contributed by atoms with Crippen molar-refractivity contribution in [2.24, 2.45) is 0 Å². The highest BCUT2D eigenvalue weighted by molar-refractivity contribution is 7.98. The van der Waals surface area contributed by atoms with E-state index in [9.17, 15) is 9.00 Å². The average Bonchev–Trinajstić information content (AvgIpc) is 3.28. The van der Waals surface area contributed by atoms with Gasteiger partial charge in [-0.3, -0.25) is 4.79 Å². The summed E-state index contributed by atoms with van der Waals surface area (Å²) >= 11 is 0. The molecule has 3 N–H and O–H groups in total. The van der Waals surface area contributed by atoms with Crippen LogP contribution in [-0.2, 0) is 19.9 Å². The molecule has 2 fully saturated rings. The van der Waals surface area contributed by atoms with Crippen LogP contribution in [0, 0.1) is 0 Å². The SMILES string of the molecule is C=S(=O)(c1cc2c(cc1OC1CCOCC1)C(C)(C)c1[nH]c3cc(N)ccc3c1C2=O)N1CCN(C)CC1. The maximum atomic E-state index is 14.5. The number of rotatable bonds is 4. The number of piperazine rings is 1. The molecule has 1 atom stereocenters. The van der Waals surface area contributed by atoms with Crippen LogP contribution >= 0.6 is 0 Å². The lowest BCUT2D eigenvalue weighted by Crippen LogP contribution is -2.47. The second-order valence-electron chi connectivity index (χ2n) is 11.3. The largest absolute Gasteiger partial charge is 0.489 e. The second-order valence-corrected chi connectivity index (χ2v) is 13.5. The topological polar surface area (TPSA) is 101 Å². The van der Waals surface area contributed by atoms with Gasteiger partial charge >= 0.3 is 0 Å². The van der Waals surface area contributed by atoms with Gasteiger partial charge in [-0.1, -0.05) is 19.9 Å². The molecule has 8 nitrogen and oxygen atoms in total. The number of carbonyl (C=O) groups excluding carboxylic acids is 1. The van der Waals surface area contributed by atoms with Gasteiger partial charge in [0, 0.05) is 72.3 Å². The third-order valence-electron chi connectivity index (χ3n) is 8.36. The van der Waals surface area contributed by atoms with Gasteiger partial charge in [0.25, 0.3) is 0 Å². The first kappa shape index (κ1) is 25.4. The Balaban J connectivity index is 1.53. The molecule has 0 bridgehead atoms. The molecule has 1 aliphatic carbocycles. The Morgan fingerprint density at radius 1 is 1.13 bits per heavy atom. The number of nitrogen functional groups attached to an aromatic ring is 1. The highest BCUT2D eigenvalue weighted by Gasteiger charge is 2.41.